The average molecular weight is 300 g/mol. The number of ether oxygens (including phenoxy) is 2. The smallest absolute Gasteiger partial charge is 0.244 e. The molecular weight excluding hydrogens is 280 g/mol. The van der Waals surface area contributed by atoms with Gasteiger partial charge in [0.1, 0.15) is 10.6 Å². The van der Waals surface area contributed by atoms with E-state index in [0.717, 1.165) is 6.42 Å². The fourth-order valence-electron chi connectivity index (χ4n) is 2.24. The van der Waals surface area contributed by atoms with Crippen LogP contribution in [0.2, 0.25) is 0 Å². The summed E-state index contributed by atoms with van der Waals surface area (Å²) in [6.45, 7) is 2.98. The van der Waals surface area contributed by atoms with Gasteiger partial charge in [0.05, 0.1) is 13.2 Å². The molecule has 0 spiro atoms. The Bertz CT molecular complexity index is 574. The van der Waals surface area contributed by atoms with Crippen LogP contribution in [0.3, 0.4) is 0 Å². The molecule has 0 amide bonds. The maximum Gasteiger partial charge on any atom is 0.244 e. The number of nitrogens with one attached hydrogen (secondary N) is 1. The van der Waals surface area contributed by atoms with Gasteiger partial charge in [-0.1, -0.05) is 0 Å². The van der Waals surface area contributed by atoms with Crippen molar-refractivity contribution in [3.05, 3.63) is 18.2 Å². The molecule has 7 heteroatoms. The number of anilines is 1. The van der Waals surface area contributed by atoms with Crippen LogP contribution in [-0.2, 0) is 14.8 Å². The van der Waals surface area contributed by atoms with Gasteiger partial charge in [0, 0.05) is 24.8 Å². The van der Waals surface area contributed by atoms with Crippen molar-refractivity contribution in [2.45, 2.75) is 24.3 Å². The third-order valence-corrected chi connectivity index (χ3v) is 4.99. The van der Waals surface area contributed by atoms with Crippen molar-refractivity contribution in [3.8, 4) is 5.75 Å². The summed E-state index contributed by atoms with van der Waals surface area (Å²) < 4.78 is 37.8. The summed E-state index contributed by atoms with van der Waals surface area (Å²) >= 11 is 0. The van der Waals surface area contributed by atoms with Gasteiger partial charge in [-0.15, -0.1) is 0 Å². The summed E-state index contributed by atoms with van der Waals surface area (Å²) in [4.78, 5) is 0.0616. The normalized spacial score (nSPS) is 22.9. The van der Waals surface area contributed by atoms with Crippen molar-refractivity contribution in [3.63, 3.8) is 0 Å². The van der Waals surface area contributed by atoms with E-state index in [1.165, 1.54) is 13.2 Å². The topological polar surface area (TPSA) is 90.7 Å². The first-order valence-corrected chi connectivity index (χ1v) is 7.97. The molecule has 0 bridgehead atoms. The van der Waals surface area contributed by atoms with Gasteiger partial charge >= 0.3 is 0 Å². The van der Waals surface area contributed by atoms with E-state index in [1.54, 1.807) is 12.1 Å². The molecule has 20 heavy (non-hydrogen) atoms. The molecular formula is C13H20N2O4S. The highest BCUT2D eigenvalue weighted by molar-refractivity contribution is 7.89. The summed E-state index contributed by atoms with van der Waals surface area (Å²) in [5, 5.41) is 0. The van der Waals surface area contributed by atoms with Gasteiger partial charge in [0.2, 0.25) is 10.0 Å². The van der Waals surface area contributed by atoms with Crippen molar-refractivity contribution in [2.24, 2.45) is 5.92 Å². The Morgan fingerprint density at radius 1 is 1.50 bits per heavy atom. The van der Waals surface area contributed by atoms with Crippen LogP contribution in [0.4, 0.5) is 5.69 Å². The van der Waals surface area contributed by atoms with Crippen LogP contribution in [0.15, 0.2) is 23.1 Å². The maximum absolute atomic E-state index is 12.3. The zero-order chi connectivity index (χ0) is 14.8. The molecule has 1 aromatic carbocycles. The summed E-state index contributed by atoms with van der Waals surface area (Å²) in [5.74, 6) is 0.472. The first-order chi connectivity index (χ1) is 9.44. The molecule has 1 aromatic rings. The van der Waals surface area contributed by atoms with E-state index in [0.29, 0.717) is 18.8 Å². The fourth-order valence-corrected chi connectivity index (χ4v) is 3.54. The highest BCUT2D eigenvalue weighted by Gasteiger charge is 2.27. The molecule has 3 N–H and O–H groups in total. The highest BCUT2D eigenvalue weighted by Crippen LogP contribution is 2.26. The lowest BCUT2D eigenvalue weighted by Crippen LogP contribution is -2.32. The molecule has 0 radical (unpaired) electrons. The number of nitrogens with two attached hydrogens (primary N) is 1. The molecule has 0 saturated carbocycles. The summed E-state index contributed by atoms with van der Waals surface area (Å²) in [7, 11) is -2.22. The number of nitrogen functional groups attached to an aromatic ring is 1. The molecule has 112 valence electrons. The monoisotopic (exact) mass is 300 g/mol. The third-order valence-electron chi connectivity index (χ3n) is 3.55. The number of sulfonamides is 1. The third kappa shape index (κ3) is 3.23. The number of hydrogen-bond donors (Lipinski definition) is 2. The van der Waals surface area contributed by atoms with Crippen molar-refractivity contribution < 1.29 is 17.9 Å². The zero-order valence-corrected chi connectivity index (χ0v) is 12.4. The summed E-state index contributed by atoms with van der Waals surface area (Å²) in [6, 6.07) is 4.55. The van der Waals surface area contributed by atoms with Gasteiger partial charge in [-0.2, -0.15) is 0 Å². The van der Waals surface area contributed by atoms with Gasteiger partial charge < -0.3 is 15.2 Å². The highest BCUT2D eigenvalue weighted by atomic mass is 32.2. The standard InChI is InChI=1S/C13H20N2O4S/c1-9-10(5-6-19-9)8-15-20(16,17)13-7-11(14)3-4-12(13)18-2/h3-4,7,9-10,15H,5-6,8,14H2,1-2H3. The minimum absolute atomic E-state index is 0.0616. The second-order valence-electron chi connectivity index (χ2n) is 4.89. The first-order valence-electron chi connectivity index (χ1n) is 6.49. The van der Waals surface area contributed by atoms with Crippen molar-refractivity contribution in [1.82, 2.24) is 4.72 Å². The van der Waals surface area contributed by atoms with Crippen LogP contribution in [0.25, 0.3) is 0 Å². The first kappa shape index (κ1) is 15.1. The Kier molecular flexibility index (Phi) is 4.52. The van der Waals surface area contributed by atoms with E-state index in [1.807, 2.05) is 6.92 Å². The van der Waals surface area contributed by atoms with E-state index >= 15 is 0 Å². The second kappa shape index (κ2) is 5.99. The zero-order valence-electron chi connectivity index (χ0n) is 11.6. The van der Waals surface area contributed by atoms with Crippen LogP contribution < -0.4 is 15.2 Å². The van der Waals surface area contributed by atoms with Crippen LogP contribution in [0.1, 0.15) is 13.3 Å². The minimum atomic E-state index is -3.65. The number of methoxy groups -OCH3 is 1. The lowest BCUT2D eigenvalue weighted by atomic mass is 10.0. The van der Waals surface area contributed by atoms with Crippen molar-refractivity contribution in [1.29, 1.82) is 0 Å². The van der Waals surface area contributed by atoms with Crippen molar-refractivity contribution in [2.75, 3.05) is 26.0 Å². The number of benzene rings is 1. The van der Waals surface area contributed by atoms with E-state index < -0.39 is 10.0 Å². The SMILES string of the molecule is COc1ccc(N)cc1S(=O)(=O)NCC1CCOC1C. The van der Waals surface area contributed by atoms with Gasteiger partial charge in [-0.05, 0) is 31.5 Å². The van der Waals surface area contributed by atoms with Gasteiger partial charge in [0.25, 0.3) is 0 Å². The van der Waals surface area contributed by atoms with E-state index in [2.05, 4.69) is 4.72 Å². The fraction of sp³-hybridized carbons (Fsp3) is 0.538. The minimum Gasteiger partial charge on any atom is -0.495 e. The number of hydrogen-bond acceptors (Lipinski definition) is 5. The lowest BCUT2D eigenvalue weighted by molar-refractivity contribution is 0.107. The largest absolute Gasteiger partial charge is 0.495 e. The molecule has 0 aliphatic carbocycles. The van der Waals surface area contributed by atoms with Gasteiger partial charge in [0.15, 0.2) is 0 Å². The molecule has 2 atom stereocenters. The maximum atomic E-state index is 12.3. The van der Waals surface area contributed by atoms with E-state index in [-0.39, 0.29) is 22.7 Å². The molecule has 6 nitrogen and oxygen atoms in total. The molecule has 1 aliphatic heterocycles. The molecule has 1 fully saturated rings. The Labute approximate surface area is 119 Å². The Morgan fingerprint density at radius 2 is 2.25 bits per heavy atom. The second-order valence-corrected chi connectivity index (χ2v) is 6.62. The quantitative estimate of drug-likeness (QED) is 0.791. The van der Waals surface area contributed by atoms with Gasteiger partial charge in [-0.25, -0.2) is 13.1 Å². The summed E-state index contributed by atoms with van der Waals surface area (Å²) in [6.07, 6.45) is 0.929. The van der Waals surface area contributed by atoms with E-state index in [4.69, 9.17) is 15.2 Å². The Morgan fingerprint density at radius 3 is 2.85 bits per heavy atom. The molecule has 1 saturated heterocycles. The van der Waals surface area contributed by atoms with Crippen LogP contribution >= 0.6 is 0 Å². The van der Waals surface area contributed by atoms with Crippen LogP contribution in [-0.4, -0.2) is 34.8 Å². The predicted octanol–water partition coefficient (Wildman–Crippen LogP) is 0.981. The van der Waals surface area contributed by atoms with Crippen LogP contribution in [0, 0.1) is 5.92 Å². The molecule has 0 aromatic heterocycles. The predicted molar refractivity (Wildman–Crippen MR) is 76.1 cm³/mol. The molecule has 2 unspecified atom stereocenters. The van der Waals surface area contributed by atoms with Gasteiger partial charge in [-0.3, -0.25) is 0 Å². The average Bonchev–Trinajstić information content (AvgIpc) is 2.82. The lowest BCUT2D eigenvalue weighted by Gasteiger charge is -2.16. The molecule has 1 heterocycles. The number of rotatable bonds is 5. The Balaban J connectivity index is 2.15. The molecule has 2 rings (SSSR count). The van der Waals surface area contributed by atoms with E-state index in [9.17, 15) is 8.42 Å². The Hall–Kier alpha value is -1.31. The van der Waals surface area contributed by atoms with Crippen LogP contribution in [0.5, 0.6) is 5.75 Å². The summed E-state index contributed by atoms with van der Waals surface area (Å²) in [5.41, 5.74) is 6.03. The van der Waals surface area contributed by atoms with Crippen molar-refractivity contribution >= 4 is 15.7 Å². The molecule has 1 aliphatic rings.